The lowest BCUT2D eigenvalue weighted by molar-refractivity contribution is 0.102. The van der Waals surface area contributed by atoms with Gasteiger partial charge in [0.1, 0.15) is 0 Å². The van der Waals surface area contributed by atoms with Crippen LogP contribution >= 0.6 is 43.2 Å². The lowest BCUT2D eigenvalue weighted by Gasteiger charge is -2.05. The molecular weight excluding hydrogens is 424 g/mol. The first-order valence-electron chi connectivity index (χ1n) is 5.82. The highest BCUT2D eigenvalue weighted by Crippen LogP contribution is 2.32. The molecule has 6 heteroatoms. The fourth-order valence-electron chi connectivity index (χ4n) is 1.67. The van der Waals surface area contributed by atoms with Gasteiger partial charge >= 0.3 is 0 Å². The normalized spacial score (nSPS) is 12.4. The van der Waals surface area contributed by atoms with Crippen LogP contribution in [0.1, 0.15) is 21.5 Å². The zero-order chi connectivity index (χ0) is 14.9. The average molecular weight is 436 g/mol. The molecule has 0 N–H and O–H groups in total. The van der Waals surface area contributed by atoms with Crippen molar-refractivity contribution in [2.24, 2.45) is 0 Å². The van der Waals surface area contributed by atoms with Gasteiger partial charge in [-0.15, -0.1) is 11.3 Å². The van der Waals surface area contributed by atoms with Crippen molar-refractivity contribution in [2.75, 3.05) is 5.75 Å². The van der Waals surface area contributed by atoms with Gasteiger partial charge in [0.25, 0.3) is 0 Å². The molecule has 1 unspecified atom stereocenters. The molecule has 0 aliphatic heterocycles. The number of hydrogen-bond donors (Lipinski definition) is 0. The number of thiophene rings is 1. The Morgan fingerprint density at radius 3 is 2.45 bits per heavy atom. The van der Waals surface area contributed by atoms with E-state index in [2.05, 4.69) is 31.9 Å². The van der Waals surface area contributed by atoms with Crippen molar-refractivity contribution < 1.29 is 9.00 Å². The molecule has 0 radical (unpaired) electrons. The average Bonchev–Trinajstić information content (AvgIpc) is 2.71. The molecule has 2 nitrogen and oxygen atoms in total. The summed E-state index contributed by atoms with van der Waals surface area (Å²) >= 11 is 8.13. The molecule has 0 bridgehead atoms. The van der Waals surface area contributed by atoms with Gasteiger partial charge in [0.05, 0.1) is 24.1 Å². The first-order valence-corrected chi connectivity index (χ1v) is 9.54. The minimum Gasteiger partial charge on any atom is -0.293 e. The zero-order valence-electron chi connectivity index (χ0n) is 10.9. The third kappa shape index (κ3) is 3.67. The molecule has 0 saturated carbocycles. The van der Waals surface area contributed by atoms with E-state index in [1.807, 2.05) is 32.0 Å². The minimum atomic E-state index is -1.31. The summed E-state index contributed by atoms with van der Waals surface area (Å²) in [4.78, 5) is 12.9. The number of rotatable bonds is 4. The van der Waals surface area contributed by atoms with Crippen molar-refractivity contribution in [1.82, 2.24) is 0 Å². The van der Waals surface area contributed by atoms with Crippen molar-refractivity contribution in [3.8, 4) is 0 Å². The quantitative estimate of drug-likeness (QED) is 0.641. The van der Waals surface area contributed by atoms with Crippen LogP contribution in [0.2, 0.25) is 0 Å². The van der Waals surface area contributed by atoms with Crippen LogP contribution in [-0.2, 0) is 10.8 Å². The Morgan fingerprint density at radius 2 is 1.90 bits per heavy atom. The molecular formula is C14H12Br2O2S2. The Balaban J connectivity index is 2.17. The maximum absolute atomic E-state index is 12.3. The maximum atomic E-state index is 12.3. The van der Waals surface area contributed by atoms with Gasteiger partial charge in [-0.3, -0.25) is 9.00 Å². The van der Waals surface area contributed by atoms with Crippen LogP contribution < -0.4 is 0 Å². The topological polar surface area (TPSA) is 34.1 Å². The number of carbonyl (C=O) groups excluding carboxylic acids is 1. The lowest BCUT2D eigenvalue weighted by atomic mass is 10.1. The van der Waals surface area contributed by atoms with E-state index in [4.69, 9.17) is 0 Å². The second-order valence-electron chi connectivity index (χ2n) is 4.40. The monoisotopic (exact) mass is 434 g/mol. The van der Waals surface area contributed by atoms with E-state index in [-0.39, 0.29) is 11.5 Å². The molecule has 2 rings (SSSR count). The Kier molecular flexibility index (Phi) is 5.34. The number of ketones is 1. The van der Waals surface area contributed by atoms with Crippen molar-refractivity contribution in [3.63, 3.8) is 0 Å². The first-order chi connectivity index (χ1) is 9.38. The van der Waals surface area contributed by atoms with E-state index in [1.54, 1.807) is 6.07 Å². The number of Topliss-reactive ketones (excluding diaryl/α,β-unsaturated/α-hetero) is 1. The SMILES string of the molecule is Cc1ccc(S(=O)CC(=O)c2cc(Br)sc2Br)cc1C. The zero-order valence-corrected chi connectivity index (χ0v) is 15.7. The fourth-order valence-corrected chi connectivity index (χ4v) is 5.61. The summed E-state index contributed by atoms with van der Waals surface area (Å²) in [5.74, 6) is -0.111. The van der Waals surface area contributed by atoms with E-state index in [0.717, 1.165) is 18.7 Å². The van der Waals surface area contributed by atoms with Gasteiger partial charge in [0.15, 0.2) is 5.78 Å². The van der Waals surface area contributed by atoms with Crippen molar-refractivity contribution >= 4 is 59.8 Å². The van der Waals surface area contributed by atoms with Crippen molar-refractivity contribution in [3.05, 3.63) is 48.5 Å². The Labute approximate surface area is 141 Å². The summed E-state index contributed by atoms with van der Waals surface area (Å²) < 4.78 is 13.9. The fraction of sp³-hybridized carbons (Fsp3) is 0.214. The van der Waals surface area contributed by atoms with Gasteiger partial charge in [0.2, 0.25) is 0 Å². The van der Waals surface area contributed by atoms with E-state index in [1.165, 1.54) is 11.3 Å². The predicted octanol–water partition coefficient (Wildman–Crippen LogP) is 4.88. The van der Waals surface area contributed by atoms with Crippen molar-refractivity contribution in [2.45, 2.75) is 18.7 Å². The Morgan fingerprint density at radius 1 is 1.20 bits per heavy atom. The molecule has 2 aromatic rings. The van der Waals surface area contributed by atoms with Crippen LogP contribution in [0, 0.1) is 13.8 Å². The number of aryl methyl sites for hydroxylation is 2. The van der Waals surface area contributed by atoms with E-state index < -0.39 is 10.8 Å². The van der Waals surface area contributed by atoms with Gasteiger partial charge in [-0.25, -0.2) is 0 Å². The van der Waals surface area contributed by atoms with Crippen LogP contribution in [-0.4, -0.2) is 15.7 Å². The molecule has 1 heterocycles. The molecule has 0 aliphatic rings. The molecule has 106 valence electrons. The van der Waals surface area contributed by atoms with Gasteiger partial charge < -0.3 is 0 Å². The summed E-state index contributed by atoms with van der Waals surface area (Å²) in [6, 6.07) is 7.40. The van der Waals surface area contributed by atoms with Crippen LogP contribution in [0.4, 0.5) is 0 Å². The number of benzene rings is 1. The van der Waals surface area contributed by atoms with E-state index in [0.29, 0.717) is 10.5 Å². The molecule has 1 aromatic carbocycles. The molecule has 1 atom stereocenters. The van der Waals surface area contributed by atoms with Crippen LogP contribution in [0.25, 0.3) is 0 Å². The number of carbonyl (C=O) groups is 1. The van der Waals surface area contributed by atoms with Crippen LogP contribution in [0.3, 0.4) is 0 Å². The molecule has 1 aromatic heterocycles. The molecule has 20 heavy (non-hydrogen) atoms. The lowest BCUT2D eigenvalue weighted by Crippen LogP contribution is -2.11. The highest BCUT2D eigenvalue weighted by atomic mass is 79.9. The third-order valence-electron chi connectivity index (χ3n) is 2.96. The summed E-state index contributed by atoms with van der Waals surface area (Å²) in [6.45, 7) is 3.98. The van der Waals surface area contributed by atoms with Gasteiger partial charge in [-0.1, -0.05) is 6.07 Å². The van der Waals surface area contributed by atoms with E-state index >= 15 is 0 Å². The summed E-state index contributed by atoms with van der Waals surface area (Å²) in [5, 5.41) is 0. The minimum absolute atomic E-state index is 0.00424. The molecule has 0 amide bonds. The second-order valence-corrected chi connectivity index (χ2v) is 9.60. The highest BCUT2D eigenvalue weighted by molar-refractivity contribution is 9.12. The van der Waals surface area contributed by atoms with Crippen LogP contribution in [0.15, 0.2) is 36.7 Å². The standard InChI is InChI=1S/C14H12Br2O2S2/c1-8-3-4-10(5-9(8)2)20(18)7-12(17)11-6-13(15)19-14(11)16/h3-6H,7H2,1-2H3. The van der Waals surface area contributed by atoms with E-state index in [9.17, 15) is 9.00 Å². The molecule has 0 saturated heterocycles. The summed E-state index contributed by atoms with van der Waals surface area (Å²) in [6.07, 6.45) is 0. The number of hydrogen-bond acceptors (Lipinski definition) is 3. The Bertz CT molecular complexity index is 692. The van der Waals surface area contributed by atoms with Gasteiger partial charge in [0, 0.05) is 10.5 Å². The number of halogens is 2. The van der Waals surface area contributed by atoms with Crippen LogP contribution in [0.5, 0.6) is 0 Å². The van der Waals surface area contributed by atoms with Crippen molar-refractivity contribution in [1.29, 1.82) is 0 Å². The predicted molar refractivity (Wildman–Crippen MR) is 91.2 cm³/mol. The van der Waals surface area contributed by atoms with Gasteiger partial charge in [-0.05, 0) is 75.0 Å². The highest BCUT2D eigenvalue weighted by Gasteiger charge is 2.17. The maximum Gasteiger partial charge on any atom is 0.177 e. The Hall–Kier alpha value is -0.300. The summed E-state index contributed by atoms with van der Waals surface area (Å²) in [7, 11) is -1.31. The molecule has 0 fully saturated rings. The first kappa shape index (κ1) is 16.1. The molecule has 0 aliphatic carbocycles. The summed E-state index contributed by atoms with van der Waals surface area (Å²) in [5.41, 5.74) is 2.82. The second kappa shape index (κ2) is 6.64. The smallest absolute Gasteiger partial charge is 0.177 e. The molecule has 0 spiro atoms. The third-order valence-corrected chi connectivity index (χ3v) is 6.60. The van der Waals surface area contributed by atoms with Gasteiger partial charge in [-0.2, -0.15) is 0 Å². The largest absolute Gasteiger partial charge is 0.293 e.